The third-order valence-electron chi connectivity index (χ3n) is 6.22. The van der Waals surface area contributed by atoms with E-state index in [9.17, 15) is 22.8 Å². The number of hydrogen-bond acceptors (Lipinski definition) is 4. The summed E-state index contributed by atoms with van der Waals surface area (Å²) >= 11 is 13.0. The second-order valence-corrected chi connectivity index (χ2v) is 9.82. The first kappa shape index (κ1) is 29.9. The zero-order valence-corrected chi connectivity index (χ0v) is 23.4. The maximum atomic E-state index is 12.8. The standard InChI is InChI=1S/C30H24Cl2F3N3O3/c1-18-26(15-20-5-3-4-6-24(20)37-18)41-17-22-23(31)12-13-25(29(22)32)38(2)28(40)16-36-27(39)14-9-19-7-10-21(11-8-19)30(33,34)35/h3-15H,16-17H2,1-2H3,(H,36,39). The molecule has 41 heavy (non-hydrogen) atoms. The van der Waals surface area contributed by atoms with Crippen LogP contribution in [0, 0.1) is 6.92 Å². The van der Waals surface area contributed by atoms with Gasteiger partial charge < -0.3 is 15.0 Å². The van der Waals surface area contributed by atoms with Crippen molar-refractivity contribution in [1.82, 2.24) is 10.3 Å². The molecule has 0 fully saturated rings. The number of aromatic nitrogens is 1. The predicted octanol–water partition coefficient (Wildman–Crippen LogP) is 7.24. The quantitative estimate of drug-likeness (QED) is 0.216. The van der Waals surface area contributed by atoms with Crippen molar-refractivity contribution in [2.45, 2.75) is 19.7 Å². The molecule has 4 aromatic rings. The van der Waals surface area contributed by atoms with E-state index in [1.54, 1.807) is 12.1 Å². The van der Waals surface area contributed by atoms with E-state index in [-0.39, 0.29) is 18.2 Å². The number of halogens is 5. The molecule has 0 atom stereocenters. The highest BCUT2D eigenvalue weighted by molar-refractivity contribution is 6.38. The van der Waals surface area contributed by atoms with Crippen LogP contribution in [-0.2, 0) is 22.4 Å². The van der Waals surface area contributed by atoms with Crippen LogP contribution in [0.1, 0.15) is 22.4 Å². The number of para-hydroxylation sites is 1. The molecule has 1 heterocycles. The first-order valence-corrected chi connectivity index (χ1v) is 13.1. The van der Waals surface area contributed by atoms with E-state index in [4.69, 9.17) is 27.9 Å². The van der Waals surface area contributed by atoms with Crippen molar-refractivity contribution in [3.63, 3.8) is 0 Å². The van der Waals surface area contributed by atoms with E-state index in [1.165, 1.54) is 30.2 Å². The van der Waals surface area contributed by atoms with Crippen LogP contribution in [-0.4, -0.2) is 30.4 Å². The summed E-state index contributed by atoms with van der Waals surface area (Å²) in [6.07, 6.45) is -1.97. The topological polar surface area (TPSA) is 71.5 Å². The molecule has 0 saturated carbocycles. The average Bonchev–Trinajstić information content (AvgIpc) is 2.94. The first-order chi connectivity index (χ1) is 19.4. The molecule has 6 nitrogen and oxygen atoms in total. The number of rotatable bonds is 8. The largest absolute Gasteiger partial charge is 0.487 e. The Balaban J connectivity index is 1.38. The number of anilines is 1. The van der Waals surface area contributed by atoms with E-state index in [0.29, 0.717) is 33.3 Å². The lowest BCUT2D eigenvalue weighted by Crippen LogP contribution is -2.37. The van der Waals surface area contributed by atoms with Crippen molar-refractivity contribution in [2.24, 2.45) is 0 Å². The summed E-state index contributed by atoms with van der Waals surface area (Å²) in [6.45, 7) is 1.51. The van der Waals surface area contributed by atoms with Gasteiger partial charge in [0.05, 0.1) is 34.0 Å². The SMILES string of the molecule is Cc1nc2ccccc2cc1OCc1c(Cl)ccc(N(C)C(=O)CNC(=O)C=Cc2ccc(C(F)(F)F)cc2)c1Cl. The van der Waals surface area contributed by atoms with E-state index in [2.05, 4.69) is 10.3 Å². The summed E-state index contributed by atoms with van der Waals surface area (Å²) < 4.78 is 44.1. The number of aryl methyl sites for hydroxylation is 1. The van der Waals surface area contributed by atoms with Crippen molar-refractivity contribution in [1.29, 1.82) is 0 Å². The van der Waals surface area contributed by atoms with E-state index in [1.807, 2.05) is 37.3 Å². The molecule has 0 radical (unpaired) electrons. The summed E-state index contributed by atoms with van der Waals surface area (Å²) in [7, 11) is 1.50. The van der Waals surface area contributed by atoms with Crippen LogP contribution in [0.25, 0.3) is 17.0 Å². The molecule has 0 aliphatic heterocycles. The molecule has 1 aromatic heterocycles. The number of benzene rings is 3. The number of nitrogens with zero attached hydrogens (tertiary/aromatic N) is 2. The fourth-order valence-corrected chi connectivity index (χ4v) is 4.50. The molecule has 0 saturated heterocycles. The zero-order valence-electron chi connectivity index (χ0n) is 21.9. The van der Waals surface area contributed by atoms with Gasteiger partial charge in [-0.3, -0.25) is 9.59 Å². The monoisotopic (exact) mass is 601 g/mol. The van der Waals surface area contributed by atoms with Gasteiger partial charge in [0.2, 0.25) is 11.8 Å². The van der Waals surface area contributed by atoms with Gasteiger partial charge in [-0.1, -0.05) is 53.5 Å². The Morgan fingerprint density at radius 3 is 2.46 bits per heavy atom. The van der Waals surface area contributed by atoms with Gasteiger partial charge in [0, 0.05) is 29.1 Å². The summed E-state index contributed by atoms with van der Waals surface area (Å²) in [5, 5.41) is 3.94. The highest BCUT2D eigenvalue weighted by Gasteiger charge is 2.29. The highest BCUT2D eigenvalue weighted by atomic mass is 35.5. The molecule has 11 heteroatoms. The van der Waals surface area contributed by atoms with Gasteiger partial charge in [0.1, 0.15) is 12.4 Å². The van der Waals surface area contributed by atoms with E-state index in [0.717, 1.165) is 29.1 Å². The lowest BCUT2D eigenvalue weighted by Gasteiger charge is -2.21. The molecule has 0 bridgehead atoms. The summed E-state index contributed by atoms with van der Waals surface area (Å²) in [6, 6.07) is 17.1. The molecule has 4 rings (SSSR count). The van der Waals surface area contributed by atoms with Crippen molar-refractivity contribution in [3.05, 3.63) is 105 Å². The Morgan fingerprint density at radius 1 is 1.05 bits per heavy atom. The minimum absolute atomic E-state index is 0.0277. The number of fused-ring (bicyclic) bond motifs is 1. The maximum absolute atomic E-state index is 12.8. The van der Waals surface area contributed by atoms with Gasteiger partial charge in [-0.05, 0) is 55.0 Å². The normalized spacial score (nSPS) is 11.6. The fourth-order valence-electron chi connectivity index (χ4n) is 3.90. The van der Waals surface area contributed by atoms with Gasteiger partial charge in [0.15, 0.2) is 0 Å². The molecule has 212 valence electrons. The van der Waals surface area contributed by atoms with Gasteiger partial charge in [0.25, 0.3) is 0 Å². The molecule has 0 aliphatic rings. The lowest BCUT2D eigenvalue weighted by molar-refractivity contribution is -0.137. The van der Waals surface area contributed by atoms with E-state index >= 15 is 0 Å². The number of hydrogen-bond donors (Lipinski definition) is 1. The van der Waals surface area contributed by atoms with Crippen molar-refractivity contribution in [3.8, 4) is 5.75 Å². The first-order valence-electron chi connectivity index (χ1n) is 12.3. The number of nitrogens with one attached hydrogen (secondary N) is 1. The van der Waals surface area contributed by atoms with Gasteiger partial charge in [-0.15, -0.1) is 0 Å². The second-order valence-electron chi connectivity index (χ2n) is 9.04. The van der Waals surface area contributed by atoms with Crippen LogP contribution in [0.2, 0.25) is 10.0 Å². The predicted molar refractivity (Wildman–Crippen MR) is 154 cm³/mol. The number of likely N-dealkylation sites (N-methyl/N-ethyl adjacent to an activating group) is 1. The number of ether oxygens (including phenoxy) is 1. The number of carbonyl (C=O) groups is 2. The minimum Gasteiger partial charge on any atom is -0.487 e. The molecular formula is C30H24Cl2F3N3O3. The van der Waals surface area contributed by atoms with Crippen LogP contribution in [0.5, 0.6) is 5.75 Å². The van der Waals surface area contributed by atoms with Crippen LogP contribution in [0.3, 0.4) is 0 Å². The molecule has 0 aliphatic carbocycles. The average molecular weight is 602 g/mol. The Kier molecular flexibility index (Phi) is 9.20. The number of carbonyl (C=O) groups excluding carboxylic acids is 2. The highest BCUT2D eigenvalue weighted by Crippen LogP contribution is 2.35. The van der Waals surface area contributed by atoms with Crippen LogP contribution in [0.15, 0.2) is 72.8 Å². The molecule has 1 N–H and O–H groups in total. The lowest BCUT2D eigenvalue weighted by atomic mass is 10.1. The Morgan fingerprint density at radius 2 is 1.76 bits per heavy atom. The molecular weight excluding hydrogens is 578 g/mol. The van der Waals surface area contributed by atoms with Crippen LogP contribution < -0.4 is 15.0 Å². The number of alkyl halides is 3. The summed E-state index contributed by atoms with van der Waals surface area (Å²) in [4.78, 5) is 30.8. The van der Waals surface area contributed by atoms with Crippen molar-refractivity contribution < 1.29 is 27.5 Å². The molecule has 2 amide bonds. The molecule has 0 unspecified atom stereocenters. The number of amides is 2. The minimum atomic E-state index is -4.44. The number of pyridine rings is 1. The summed E-state index contributed by atoms with van der Waals surface area (Å²) in [5.41, 5.74) is 1.99. The van der Waals surface area contributed by atoms with Gasteiger partial charge in [-0.25, -0.2) is 4.98 Å². The third kappa shape index (κ3) is 7.36. The molecule has 3 aromatic carbocycles. The summed E-state index contributed by atoms with van der Waals surface area (Å²) in [5.74, 6) is -0.494. The van der Waals surface area contributed by atoms with Crippen LogP contribution >= 0.6 is 23.2 Å². The molecule has 0 spiro atoms. The maximum Gasteiger partial charge on any atom is 0.416 e. The smallest absolute Gasteiger partial charge is 0.416 e. The van der Waals surface area contributed by atoms with E-state index < -0.39 is 23.6 Å². The second kappa shape index (κ2) is 12.6. The van der Waals surface area contributed by atoms with Crippen molar-refractivity contribution >= 4 is 57.7 Å². The zero-order chi connectivity index (χ0) is 29.7. The van der Waals surface area contributed by atoms with Gasteiger partial charge >= 0.3 is 6.18 Å². The van der Waals surface area contributed by atoms with Crippen molar-refractivity contribution in [2.75, 3.05) is 18.5 Å². The Hall–Kier alpha value is -4.08. The Labute approximate surface area is 244 Å². The third-order valence-corrected chi connectivity index (χ3v) is 7.00. The van der Waals surface area contributed by atoms with Gasteiger partial charge in [-0.2, -0.15) is 13.2 Å². The van der Waals surface area contributed by atoms with Crippen LogP contribution in [0.4, 0.5) is 18.9 Å². The Bertz CT molecular complexity index is 1620. The fraction of sp³-hybridized carbons (Fsp3) is 0.167.